The molecule has 0 atom stereocenters. The Morgan fingerprint density at radius 3 is 3.14 bits per heavy atom. The fourth-order valence-corrected chi connectivity index (χ4v) is 1.69. The first-order valence-corrected chi connectivity index (χ1v) is 5.27. The third-order valence-electron chi connectivity index (χ3n) is 2.02. The monoisotopic (exact) mass is 255 g/mol. The summed E-state index contributed by atoms with van der Waals surface area (Å²) >= 11 is 3.36. The minimum Gasteiger partial charge on any atom is -0.491 e. The standard InChI is InChI=1S/C10H10BrNO2/c11-7-3-4-8-9(6-7)14-5-1-2-10(13)12-8/h3-4,6H,1-2,5H2,(H,12,13). The second-order valence-corrected chi connectivity index (χ2v) is 4.06. The molecule has 0 spiro atoms. The van der Waals surface area contributed by atoms with Crippen molar-refractivity contribution in [3.8, 4) is 5.75 Å². The topological polar surface area (TPSA) is 38.3 Å². The predicted molar refractivity (Wildman–Crippen MR) is 57.5 cm³/mol. The molecule has 3 nitrogen and oxygen atoms in total. The Labute approximate surface area is 90.6 Å². The maximum Gasteiger partial charge on any atom is 0.224 e. The van der Waals surface area contributed by atoms with E-state index in [9.17, 15) is 4.79 Å². The van der Waals surface area contributed by atoms with E-state index in [-0.39, 0.29) is 5.91 Å². The molecular weight excluding hydrogens is 246 g/mol. The Hall–Kier alpha value is -1.03. The SMILES string of the molecule is O=C1CCCOc2cc(Br)ccc2N1. The Balaban J connectivity index is 2.34. The van der Waals surface area contributed by atoms with Crippen molar-refractivity contribution >= 4 is 27.5 Å². The van der Waals surface area contributed by atoms with Crippen LogP contribution in [0, 0.1) is 0 Å². The Bertz CT molecular complexity index is 365. The van der Waals surface area contributed by atoms with Crippen LogP contribution >= 0.6 is 15.9 Å². The number of hydrogen-bond acceptors (Lipinski definition) is 2. The maximum absolute atomic E-state index is 11.3. The number of fused-ring (bicyclic) bond motifs is 1. The van der Waals surface area contributed by atoms with Crippen LogP contribution in [0.4, 0.5) is 5.69 Å². The highest BCUT2D eigenvalue weighted by Crippen LogP contribution is 2.29. The molecule has 1 aliphatic heterocycles. The fraction of sp³-hybridized carbons (Fsp3) is 0.300. The molecule has 0 bridgehead atoms. The molecule has 14 heavy (non-hydrogen) atoms. The molecule has 2 rings (SSSR count). The lowest BCUT2D eigenvalue weighted by atomic mass is 10.2. The molecule has 1 aliphatic rings. The van der Waals surface area contributed by atoms with Crippen molar-refractivity contribution in [1.82, 2.24) is 0 Å². The lowest BCUT2D eigenvalue weighted by molar-refractivity contribution is -0.116. The van der Waals surface area contributed by atoms with Gasteiger partial charge < -0.3 is 10.1 Å². The zero-order chi connectivity index (χ0) is 9.97. The number of anilines is 1. The molecule has 0 aromatic heterocycles. The Morgan fingerprint density at radius 2 is 2.29 bits per heavy atom. The van der Waals surface area contributed by atoms with Gasteiger partial charge in [0.1, 0.15) is 5.75 Å². The van der Waals surface area contributed by atoms with Crippen LogP contribution in [0.2, 0.25) is 0 Å². The summed E-state index contributed by atoms with van der Waals surface area (Å²) < 4.78 is 6.46. The van der Waals surface area contributed by atoms with Crippen LogP contribution in [-0.4, -0.2) is 12.5 Å². The summed E-state index contributed by atoms with van der Waals surface area (Å²) in [6.07, 6.45) is 1.29. The van der Waals surface area contributed by atoms with E-state index in [0.717, 1.165) is 22.3 Å². The molecule has 1 aromatic carbocycles. The van der Waals surface area contributed by atoms with Crippen molar-refractivity contribution in [2.45, 2.75) is 12.8 Å². The minimum absolute atomic E-state index is 0.0527. The molecule has 0 saturated carbocycles. The summed E-state index contributed by atoms with van der Waals surface area (Å²) in [5.74, 6) is 0.782. The first kappa shape index (κ1) is 9.52. The summed E-state index contributed by atoms with van der Waals surface area (Å²) in [7, 11) is 0. The van der Waals surface area contributed by atoms with Crippen LogP contribution < -0.4 is 10.1 Å². The fourth-order valence-electron chi connectivity index (χ4n) is 1.35. The molecule has 0 radical (unpaired) electrons. The smallest absolute Gasteiger partial charge is 0.224 e. The number of halogens is 1. The van der Waals surface area contributed by atoms with Crippen LogP contribution in [0.25, 0.3) is 0 Å². The molecule has 74 valence electrons. The highest BCUT2D eigenvalue weighted by molar-refractivity contribution is 9.10. The van der Waals surface area contributed by atoms with Gasteiger partial charge in [0.05, 0.1) is 12.3 Å². The zero-order valence-corrected chi connectivity index (χ0v) is 9.13. The molecular formula is C10H10BrNO2. The third-order valence-corrected chi connectivity index (χ3v) is 2.52. The van der Waals surface area contributed by atoms with Crippen LogP contribution in [-0.2, 0) is 4.79 Å². The van der Waals surface area contributed by atoms with Gasteiger partial charge in [-0.2, -0.15) is 0 Å². The van der Waals surface area contributed by atoms with Crippen molar-refractivity contribution in [3.63, 3.8) is 0 Å². The number of nitrogens with one attached hydrogen (secondary N) is 1. The zero-order valence-electron chi connectivity index (χ0n) is 7.55. The van der Waals surface area contributed by atoms with Gasteiger partial charge in [0.2, 0.25) is 5.91 Å². The lowest BCUT2D eigenvalue weighted by Crippen LogP contribution is -2.16. The van der Waals surface area contributed by atoms with Gasteiger partial charge in [-0.25, -0.2) is 0 Å². The average Bonchev–Trinajstić information content (AvgIpc) is 2.13. The number of carbonyl (C=O) groups is 1. The summed E-state index contributed by atoms with van der Waals surface area (Å²) in [5.41, 5.74) is 0.748. The van der Waals surface area contributed by atoms with E-state index >= 15 is 0 Å². The molecule has 1 amide bonds. The lowest BCUT2D eigenvalue weighted by Gasteiger charge is -2.15. The number of ether oxygens (including phenoxy) is 1. The van der Waals surface area contributed by atoms with Crippen molar-refractivity contribution in [1.29, 1.82) is 0 Å². The van der Waals surface area contributed by atoms with E-state index in [4.69, 9.17) is 4.74 Å². The van der Waals surface area contributed by atoms with Crippen molar-refractivity contribution in [3.05, 3.63) is 22.7 Å². The highest BCUT2D eigenvalue weighted by Gasteiger charge is 2.11. The van der Waals surface area contributed by atoms with Gasteiger partial charge in [0.25, 0.3) is 0 Å². The second kappa shape index (κ2) is 4.00. The van der Waals surface area contributed by atoms with Crippen LogP contribution in [0.15, 0.2) is 22.7 Å². The number of carbonyl (C=O) groups excluding carboxylic acids is 1. The van der Waals surface area contributed by atoms with E-state index < -0.39 is 0 Å². The van der Waals surface area contributed by atoms with Crippen molar-refractivity contribution < 1.29 is 9.53 Å². The number of rotatable bonds is 0. The quantitative estimate of drug-likeness (QED) is 0.774. The van der Waals surface area contributed by atoms with E-state index in [1.807, 2.05) is 18.2 Å². The predicted octanol–water partition coefficient (Wildman–Crippen LogP) is 2.56. The van der Waals surface area contributed by atoms with Gasteiger partial charge in [-0.1, -0.05) is 15.9 Å². The van der Waals surface area contributed by atoms with Gasteiger partial charge >= 0.3 is 0 Å². The molecule has 0 saturated heterocycles. The third kappa shape index (κ3) is 2.07. The van der Waals surface area contributed by atoms with Gasteiger partial charge in [-0.15, -0.1) is 0 Å². The van der Waals surface area contributed by atoms with Crippen molar-refractivity contribution in [2.24, 2.45) is 0 Å². The summed E-state index contributed by atoms with van der Waals surface area (Å²) in [4.78, 5) is 11.3. The summed E-state index contributed by atoms with van der Waals surface area (Å²) in [6, 6.07) is 5.58. The van der Waals surface area contributed by atoms with Gasteiger partial charge in [-0.3, -0.25) is 4.79 Å². The Kier molecular flexibility index (Phi) is 2.72. The molecule has 1 heterocycles. The van der Waals surface area contributed by atoms with E-state index in [2.05, 4.69) is 21.2 Å². The largest absolute Gasteiger partial charge is 0.491 e. The van der Waals surface area contributed by atoms with E-state index in [1.165, 1.54) is 0 Å². The Morgan fingerprint density at radius 1 is 1.43 bits per heavy atom. The van der Waals surface area contributed by atoms with Gasteiger partial charge in [-0.05, 0) is 24.6 Å². The molecule has 0 unspecified atom stereocenters. The first-order chi connectivity index (χ1) is 6.75. The molecule has 1 aromatic rings. The highest BCUT2D eigenvalue weighted by atomic mass is 79.9. The van der Waals surface area contributed by atoms with Crippen LogP contribution in [0.1, 0.15) is 12.8 Å². The minimum atomic E-state index is 0.0527. The molecule has 0 fully saturated rings. The second-order valence-electron chi connectivity index (χ2n) is 3.14. The number of benzene rings is 1. The summed E-state index contributed by atoms with van der Waals surface area (Å²) in [6.45, 7) is 0.594. The van der Waals surface area contributed by atoms with Crippen LogP contribution in [0.3, 0.4) is 0 Å². The van der Waals surface area contributed by atoms with Crippen LogP contribution in [0.5, 0.6) is 5.75 Å². The normalized spacial score (nSPS) is 15.9. The molecule has 1 N–H and O–H groups in total. The maximum atomic E-state index is 11.3. The number of amides is 1. The van der Waals surface area contributed by atoms with Crippen molar-refractivity contribution in [2.75, 3.05) is 11.9 Å². The summed E-state index contributed by atoms with van der Waals surface area (Å²) in [5, 5.41) is 2.80. The van der Waals surface area contributed by atoms with E-state index in [0.29, 0.717) is 13.0 Å². The first-order valence-electron chi connectivity index (χ1n) is 4.48. The van der Waals surface area contributed by atoms with Gasteiger partial charge in [0, 0.05) is 10.9 Å². The van der Waals surface area contributed by atoms with E-state index in [1.54, 1.807) is 0 Å². The molecule has 0 aliphatic carbocycles. The van der Waals surface area contributed by atoms with Gasteiger partial charge in [0.15, 0.2) is 0 Å². The number of hydrogen-bond donors (Lipinski definition) is 1. The average molecular weight is 256 g/mol. The molecule has 4 heteroatoms.